The predicted octanol–water partition coefficient (Wildman–Crippen LogP) is 4.51. The lowest BCUT2D eigenvalue weighted by molar-refractivity contribution is 0.867. The lowest BCUT2D eigenvalue weighted by atomic mass is 9.98. The first kappa shape index (κ1) is 12.7. The van der Waals surface area contributed by atoms with E-state index in [1.807, 2.05) is 29.1 Å². The van der Waals surface area contributed by atoms with Crippen molar-refractivity contribution in [2.24, 2.45) is 0 Å². The van der Waals surface area contributed by atoms with Crippen molar-refractivity contribution < 1.29 is 0 Å². The van der Waals surface area contributed by atoms with E-state index in [4.69, 9.17) is 0 Å². The Morgan fingerprint density at radius 1 is 1.10 bits per heavy atom. The van der Waals surface area contributed by atoms with E-state index in [0.717, 1.165) is 11.3 Å². The van der Waals surface area contributed by atoms with Crippen molar-refractivity contribution in [3.8, 4) is 0 Å². The third-order valence-electron chi connectivity index (χ3n) is 3.61. The van der Waals surface area contributed by atoms with Crippen LogP contribution in [0.15, 0.2) is 48.9 Å². The fourth-order valence-electron chi connectivity index (χ4n) is 2.52. The first-order chi connectivity index (χ1) is 9.66. The molecule has 0 aliphatic heterocycles. The van der Waals surface area contributed by atoms with Crippen LogP contribution in [0.1, 0.15) is 30.9 Å². The van der Waals surface area contributed by atoms with Crippen LogP contribution in [0.2, 0.25) is 0 Å². The minimum absolute atomic E-state index is 0.483. The highest BCUT2D eigenvalue weighted by Crippen LogP contribution is 2.31. The van der Waals surface area contributed by atoms with E-state index in [1.54, 1.807) is 0 Å². The maximum Gasteiger partial charge on any atom is 0.160 e. The van der Waals surface area contributed by atoms with Crippen LogP contribution in [0, 0.1) is 6.92 Å². The summed E-state index contributed by atoms with van der Waals surface area (Å²) < 4.78 is 2.02. The fraction of sp³-hybridized carbons (Fsp3) is 0.235. The van der Waals surface area contributed by atoms with Crippen LogP contribution >= 0.6 is 0 Å². The second-order valence-electron chi connectivity index (χ2n) is 5.40. The SMILES string of the molecule is Cc1cccc(C(C)C)c1Nc1cccn2ccnc12. The van der Waals surface area contributed by atoms with Crippen LogP contribution in [-0.2, 0) is 0 Å². The molecule has 3 aromatic rings. The summed E-state index contributed by atoms with van der Waals surface area (Å²) in [5.74, 6) is 0.483. The van der Waals surface area contributed by atoms with Crippen molar-refractivity contribution in [1.82, 2.24) is 9.38 Å². The Labute approximate surface area is 119 Å². The van der Waals surface area contributed by atoms with Gasteiger partial charge in [-0.05, 0) is 36.1 Å². The molecule has 0 bridgehead atoms. The van der Waals surface area contributed by atoms with Crippen LogP contribution in [-0.4, -0.2) is 9.38 Å². The summed E-state index contributed by atoms with van der Waals surface area (Å²) in [7, 11) is 0. The van der Waals surface area contributed by atoms with Crippen molar-refractivity contribution in [3.05, 3.63) is 60.0 Å². The van der Waals surface area contributed by atoms with Crippen molar-refractivity contribution in [2.45, 2.75) is 26.7 Å². The molecule has 3 nitrogen and oxygen atoms in total. The summed E-state index contributed by atoms with van der Waals surface area (Å²) in [5.41, 5.74) is 5.76. The molecule has 0 amide bonds. The zero-order valence-electron chi connectivity index (χ0n) is 12.1. The maximum atomic E-state index is 4.42. The summed E-state index contributed by atoms with van der Waals surface area (Å²) in [6.45, 7) is 6.58. The maximum absolute atomic E-state index is 4.42. The Morgan fingerprint density at radius 2 is 1.95 bits per heavy atom. The zero-order chi connectivity index (χ0) is 14.1. The van der Waals surface area contributed by atoms with E-state index in [0.29, 0.717) is 5.92 Å². The smallest absolute Gasteiger partial charge is 0.160 e. The van der Waals surface area contributed by atoms with Gasteiger partial charge in [0.15, 0.2) is 5.65 Å². The van der Waals surface area contributed by atoms with Crippen molar-refractivity contribution in [3.63, 3.8) is 0 Å². The van der Waals surface area contributed by atoms with Crippen molar-refractivity contribution in [2.75, 3.05) is 5.32 Å². The highest BCUT2D eigenvalue weighted by Gasteiger charge is 2.11. The van der Waals surface area contributed by atoms with E-state index in [-0.39, 0.29) is 0 Å². The van der Waals surface area contributed by atoms with Crippen LogP contribution in [0.25, 0.3) is 5.65 Å². The third kappa shape index (κ3) is 2.16. The average molecular weight is 265 g/mol. The molecule has 2 aromatic heterocycles. The molecule has 0 fully saturated rings. The predicted molar refractivity (Wildman–Crippen MR) is 83.7 cm³/mol. The second-order valence-corrected chi connectivity index (χ2v) is 5.40. The number of hydrogen-bond acceptors (Lipinski definition) is 2. The van der Waals surface area contributed by atoms with Gasteiger partial charge in [0.2, 0.25) is 0 Å². The average Bonchev–Trinajstić information content (AvgIpc) is 2.90. The Morgan fingerprint density at radius 3 is 2.75 bits per heavy atom. The monoisotopic (exact) mass is 265 g/mol. The number of aromatic nitrogens is 2. The zero-order valence-corrected chi connectivity index (χ0v) is 12.1. The number of hydrogen-bond donors (Lipinski definition) is 1. The summed E-state index contributed by atoms with van der Waals surface area (Å²) in [6.07, 6.45) is 5.79. The number of benzene rings is 1. The molecule has 0 aliphatic rings. The number of para-hydroxylation sites is 1. The molecule has 102 valence electrons. The molecule has 0 radical (unpaired) electrons. The van der Waals surface area contributed by atoms with E-state index >= 15 is 0 Å². The first-order valence-electron chi connectivity index (χ1n) is 6.95. The summed E-state index contributed by atoms with van der Waals surface area (Å²) in [6, 6.07) is 10.5. The number of pyridine rings is 1. The summed E-state index contributed by atoms with van der Waals surface area (Å²) >= 11 is 0. The molecular formula is C17H19N3. The molecule has 2 heterocycles. The number of imidazole rings is 1. The van der Waals surface area contributed by atoms with Crippen LogP contribution in [0.5, 0.6) is 0 Å². The Balaban J connectivity index is 2.09. The molecule has 0 spiro atoms. The normalized spacial score (nSPS) is 11.2. The summed E-state index contributed by atoms with van der Waals surface area (Å²) in [4.78, 5) is 4.42. The summed E-state index contributed by atoms with van der Waals surface area (Å²) in [5, 5.41) is 3.57. The highest BCUT2D eigenvalue weighted by atomic mass is 15.0. The van der Waals surface area contributed by atoms with E-state index in [9.17, 15) is 0 Å². The van der Waals surface area contributed by atoms with Crippen LogP contribution in [0.4, 0.5) is 11.4 Å². The van der Waals surface area contributed by atoms with Gasteiger partial charge in [-0.3, -0.25) is 0 Å². The highest BCUT2D eigenvalue weighted by molar-refractivity contribution is 5.76. The van der Waals surface area contributed by atoms with Gasteiger partial charge in [-0.2, -0.15) is 0 Å². The molecule has 0 aliphatic carbocycles. The molecule has 0 atom stereocenters. The van der Waals surface area contributed by atoms with Crippen molar-refractivity contribution in [1.29, 1.82) is 0 Å². The molecular weight excluding hydrogens is 246 g/mol. The Hall–Kier alpha value is -2.29. The van der Waals surface area contributed by atoms with E-state index in [1.165, 1.54) is 16.8 Å². The topological polar surface area (TPSA) is 29.3 Å². The van der Waals surface area contributed by atoms with Gasteiger partial charge < -0.3 is 9.72 Å². The number of aryl methyl sites for hydroxylation is 1. The number of fused-ring (bicyclic) bond motifs is 1. The molecule has 3 rings (SSSR count). The van der Waals surface area contributed by atoms with Gasteiger partial charge >= 0.3 is 0 Å². The van der Waals surface area contributed by atoms with Crippen LogP contribution < -0.4 is 5.32 Å². The number of rotatable bonds is 3. The molecule has 20 heavy (non-hydrogen) atoms. The third-order valence-corrected chi connectivity index (χ3v) is 3.61. The van der Waals surface area contributed by atoms with E-state index in [2.05, 4.69) is 55.3 Å². The van der Waals surface area contributed by atoms with Gasteiger partial charge in [-0.15, -0.1) is 0 Å². The van der Waals surface area contributed by atoms with Gasteiger partial charge in [0, 0.05) is 24.3 Å². The Bertz CT molecular complexity index is 741. The van der Waals surface area contributed by atoms with E-state index < -0.39 is 0 Å². The van der Waals surface area contributed by atoms with Gasteiger partial charge in [0.25, 0.3) is 0 Å². The van der Waals surface area contributed by atoms with Gasteiger partial charge in [-0.25, -0.2) is 4.98 Å². The Kier molecular flexibility index (Phi) is 3.18. The number of anilines is 2. The molecule has 0 saturated heterocycles. The lowest BCUT2D eigenvalue weighted by Gasteiger charge is -2.17. The molecule has 1 aromatic carbocycles. The number of nitrogens with one attached hydrogen (secondary N) is 1. The quantitative estimate of drug-likeness (QED) is 0.755. The first-order valence-corrected chi connectivity index (χ1v) is 6.95. The van der Waals surface area contributed by atoms with Gasteiger partial charge in [0.1, 0.15) is 0 Å². The lowest BCUT2D eigenvalue weighted by Crippen LogP contribution is -2.01. The standard InChI is InChI=1S/C17H19N3/c1-12(2)14-7-4-6-13(3)16(14)19-15-8-5-10-20-11-9-18-17(15)20/h4-12,19H,1-3H3. The molecule has 0 unspecified atom stereocenters. The van der Waals surface area contributed by atoms with Crippen molar-refractivity contribution >= 4 is 17.0 Å². The second kappa shape index (κ2) is 5.00. The minimum Gasteiger partial charge on any atom is -0.352 e. The van der Waals surface area contributed by atoms with Gasteiger partial charge in [0.05, 0.1) is 5.69 Å². The largest absolute Gasteiger partial charge is 0.352 e. The molecule has 3 heteroatoms. The number of nitrogens with zero attached hydrogens (tertiary/aromatic N) is 2. The van der Waals surface area contributed by atoms with Crippen LogP contribution in [0.3, 0.4) is 0 Å². The van der Waals surface area contributed by atoms with Gasteiger partial charge in [-0.1, -0.05) is 32.0 Å². The fourth-order valence-corrected chi connectivity index (χ4v) is 2.52. The molecule has 0 saturated carbocycles. The minimum atomic E-state index is 0.483. The molecule has 1 N–H and O–H groups in total.